The van der Waals surface area contributed by atoms with E-state index in [-0.39, 0.29) is 0 Å². The zero-order valence-corrected chi connectivity index (χ0v) is 7.46. The van der Waals surface area contributed by atoms with E-state index in [4.69, 9.17) is 5.53 Å². The van der Waals surface area contributed by atoms with Crippen molar-refractivity contribution >= 4 is 5.71 Å². The fourth-order valence-corrected chi connectivity index (χ4v) is 1.05. The summed E-state index contributed by atoms with van der Waals surface area (Å²) >= 11 is 0. The normalized spacial score (nSPS) is 9.17. The van der Waals surface area contributed by atoms with Crippen LogP contribution in [-0.4, -0.2) is 10.5 Å². The molecule has 0 aliphatic rings. The third kappa shape index (κ3) is 1.80. The predicted octanol–water partition coefficient (Wildman–Crippen LogP) is 2.30. The summed E-state index contributed by atoms with van der Waals surface area (Å²) in [5.41, 5.74) is 9.94. The highest BCUT2D eigenvalue weighted by Crippen LogP contribution is 2.04. The molecule has 1 rings (SSSR count). The smallest absolute Gasteiger partial charge is 0.0613 e. The van der Waals surface area contributed by atoms with E-state index in [2.05, 4.69) is 23.8 Å². The van der Waals surface area contributed by atoms with Crippen LogP contribution in [0.3, 0.4) is 0 Å². The Morgan fingerprint density at radius 1 is 1.33 bits per heavy atom. The molecule has 0 fully saturated rings. The van der Waals surface area contributed by atoms with E-state index in [0.717, 1.165) is 17.7 Å². The molecule has 0 aliphatic heterocycles. The molecule has 0 saturated heterocycles. The van der Waals surface area contributed by atoms with Crippen molar-refractivity contribution < 1.29 is 4.79 Å². The molecule has 0 spiro atoms. The molecule has 1 aromatic rings. The molecule has 0 saturated carbocycles. The average Bonchev–Trinajstić information content (AvgIpc) is 2.17. The average molecular weight is 161 g/mol. The van der Waals surface area contributed by atoms with Crippen molar-refractivity contribution in [3.05, 3.63) is 35.4 Å². The van der Waals surface area contributed by atoms with Crippen LogP contribution in [0.1, 0.15) is 25.0 Å². The third-order valence-electron chi connectivity index (χ3n) is 1.95. The lowest BCUT2D eigenvalue weighted by molar-refractivity contribution is -0.119. The quantitative estimate of drug-likeness (QED) is 0.392. The van der Waals surface area contributed by atoms with Crippen molar-refractivity contribution in [1.82, 2.24) is 0 Å². The third-order valence-corrected chi connectivity index (χ3v) is 1.95. The molecule has 12 heavy (non-hydrogen) atoms. The Morgan fingerprint density at radius 3 is 2.33 bits per heavy atom. The van der Waals surface area contributed by atoms with Crippen molar-refractivity contribution in [2.75, 3.05) is 0 Å². The summed E-state index contributed by atoms with van der Waals surface area (Å²) < 4.78 is 0. The van der Waals surface area contributed by atoms with Gasteiger partial charge < -0.3 is 0 Å². The molecule has 0 bridgehead atoms. The van der Waals surface area contributed by atoms with Gasteiger partial charge >= 0.3 is 5.71 Å². The van der Waals surface area contributed by atoms with E-state index < -0.39 is 0 Å². The second-order valence-electron chi connectivity index (χ2n) is 2.75. The number of aryl methyl sites for hydroxylation is 1. The molecule has 0 aromatic heterocycles. The van der Waals surface area contributed by atoms with Crippen LogP contribution in [0.2, 0.25) is 0 Å². The molecule has 0 amide bonds. The van der Waals surface area contributed by atoms with Crippen LogP contribution in [-0.2, 0) is 6.42 Å². The molecule has 0 heterocycles. The first-order valence-electron chi connectivity index (χ1n) is 4.08. The van der Waals surface area contributed by atoms with Crippen molar-refractivity contribution in [3.63, 3.8) is 0 Å². The highest BCUT2D eigenvalue weighted by Gasteiger charge is 2.05. The van der Waals surface area contributed by atoms with Gasteiger partial charge in [0.2, 0.25) is 0 Å². The lowest BCUT2D eigenvalue weighted by Gasteiger charge is -1.94. The van der Waals surface area contributed by atoms with Crippen molar-refractivity contribution in [1.29, 1.82) is 5.53 Å². The van der Waals surface area contributed by atoms with Gasteiger partial charge in [0, 0.05) is 6.92 Å². The van der Waals surface area contributed by atoms with E-state index in [9.17, 15) is 0 Å². The number of benzene rings is 1. The molecule has 2 heteroatoms. The largest absolute Gasteiger partial charge is 0.345 e. The van der Waals surface area contributed by atoms with Crippen LogP contribution >= 0.6 is 0 Å². The van der Waals surface area contributed by atoms with Crippen molar-refractivity contribution in [3.8, 4) is 0 Å². The first-order chi connectivity index (χ1) is 5.77. The van der Waals surface area contributed by atoms with E-state index in [0.29, 0.717) is 0 Å². The maximum atomic E-state index is 6.83. The first kappa shape index (κ1) is 8.69. The Hall–Kier alpha value is -1.40. The highest BCUT2D eigenvalue weighted by molar-refractivity contribution is 5.94. The topological polar surface area (TPSA) is 38.0 Å². The van der Waals surface area contributed by atoms with Gasteiger partial charge in [-0.05, 0) is 24.1 Å². The molecule has 62 valence electrons. The summed E-state index contributed by atoms with van der Waals surface area (Å²) in [4.78, 5) is 3.38. The molecule has 0 atom stereocenters. The van der Waals surface area contributed by atoms with Crippen LogP contribution < -0.4 is 0 Å². The summed E-state index contributed by atoms with van der Waals surface area (Å²) in [5.74, 6) is 0. The molecule has 1 aromatic carbocycles. The maximum Gasteiger partial charge on any atom is 0.345 e. The Labute approximate surface area is 72.5 Å². The van der Waals surface area contributed by atoms with Crippen LogP contribution in [0, 0.1) is 5.53 Å². The summed E-state index contributed by atoms with van der Waals surface area (Å²) in [7, 11) is 0. The van der Waals surface area contributed by atoms with Gasteiger partial charge in [-0.25, -0.2) is 0 Å². The number of nitrogens with zero attached hydrogens (tertiary/aromatic N) is 1. The number of hydrogen-bond acceptors (Lipinski definition) is 1. The van der Waals surface area contributed by atoms with Gasteiger partial charge in [0.1, 0.15) is 0 Å². The Balaban J connectivity index is 3.00. The van der Waals surface area contributed by atoms with Crippen LogP contribution in [0.4, 0.5) is 0 Å². The first-order valence-corrected chi connectivity index (χ1v) is 4.08. The number of nitrogens with one attached hydrogen (secondary N) is 1. The Morgan fingerprint density at radius 2 is 1.92 bits per heavy atom. The minimum absolute atomic E-state index is 0.762. The molecular formula is C10H13N2+. The van der Waals surface area contributed by atoms with Crippen LogP contribution in [0.15, 0.2) is 24.3 Å². The molecule has 1 N–H and O–H groups in total. The summed E-state index contributed by atoms with van der Waals surface area (Å²) in [6.45, 7) is 3.97. The van der Waals surface area contributed by atoms with Gasteiger partial charge in [0.25, 0.3) is 0 Å². The zero-order chi connectivity index (χ0) is 8.97. The van der Waals surface area contributed by atoms with Crippen molar-refractivity contribution in [2.24, 2.45) is 0 Å². The van der Waals surface area contributed by atoms with E-state index in [1.165, 1.54) is 5.56 Å². The van der Waals surface area contributed by atoms with Gasteiger partial charge in [0.15, 0.2) is 0 Å². The van der Waals surface area contributed by atoms with Crippen LogP contribution in [0.25, 0.3) is 0 Å². The van der Waals surface area contributed by atoms with Gasteiger partial charge in [-0.2, -0.15) is 0 Å². The molecule has 2 nitrogen and oxygen atoms in total. The molecular weight excluding hydrogens is 148 g/mol. The minimum atomic E-state index is 0.762. The lowest BCUT2D eigenvalue weighted by atomic mass is 10.1. The minimum Gasteiger partial charge on any atom is -0.0613 e. The second kappa shape index (κ2) is 3.84. The molecule has 0 radical (unpaired) electrons. The molecule has 0 unspecified atom stereocenters. The maximum absolute atomic E-state index is 6.83. The Bertz CT molecular complexity index is 305. The highest BCUT2D eigenvalue weighted by atomic mass is 14.8. The number of hydrogen-bond donors (Lipinski definition) is 1. The van der Waals surface area contributed by atoms with Gasteiger partial charge in [-0.3, -0.25) is 0 Å². The lowest BCUT2D eigenvalue weighted by Crippen LogP contribution is -1.95. The summed E-state index contributed by atoms with van der Waals surface area (Å²) in [6.07, 6.45) is 1.05. The second-order valence-corrected chi connectivity index (χ2v) is 2.75. The SMILES string of the molecule is CCc1ccc(C(C)=[N+]=N)cc1. The summed E-state index contributed by atoms with van der Waals surface area (Å²) in [6, 6.07) is 8.16. The van der Waals surface area contributed by atoms with Gasteiger partial charge in [-0.15, -0.1) is 0 Å². The fourth-order valence-electron chi connectivity index (χ4n) is 1.05. The van der Waals surface area contributed by atoms with E-state index >= 15 is 0 Å². The van der Waals surface area contributed by atoms with Crippen LogP contribution in [0.5, 0.6) is 0 Å². The molecule has 0 aliphatic carbocycles. The van der Waals surface area contributed by atoms with E-state index in [1.807, 2.05) is 19.1 Å². The Kier molecular flexibility index (Phi) is 2.78. The summed E-state index contributed by atoms with van der Waals surface area (Å²) in [5, 5.41) is 0. The van der Waals surface area contributed by atoms with Gasteiger partial charge in [0.05, 0.1) is 15.9 Å². The van der Waals surface area contributed by atoms with Crippen molar-refractivity contribution in [2.45, 2.75) is 20.3 Å². The monoisotopic (exact) mass is 161 g/mol. The zero-order valence-electron chi connectivity index (χ0n) is 7.46. The number of rotatable bonds is 2. The predicted molar refractivity (Wildman–Crippen MR) is 48.6 cm³/mol. The van der Waals surface area contributed by atoms with E-state index in [1.54, 1.807) is 0 Å². The standard InChI is InChI=1S/C10H13N2/c1-3-9-4-6-10(7-5-9)8(2)12-11/h4-7,11H,3H2,1-2H3/q+1. The fraction of sp³-hybridized carbons (Fsp3) is 0.300. The van der Waals surface area contributed by atoms with Gasteiger partial charge in [-0.1, -0.05) is 19.1 Å².